The molecule has 0 aliphatic heterocycles. The molecule has 94 valence electrons. The van der Waals surface area contributed by atoms with E-state index in [1.807, 2.05) is 13.8 Å². The third-order valence-corrected chi connectivity index (χ3v) is 4.16. The molecule has 2 atom stereocenters. The Kier molecular flexibility index (Phi) is 3.36. The highest BCUT2D eigenvalue weighted by Crippen LogP contribution is 2.50. The van der Waals surface area contributed by atoms with Crippen molar-refractivity contribution in [1.82, 2.24) is 0 Å². The van der Waals surface area contributed by atoms with E-state index in [1.165, 1.54) is 0 Å². The van der Waals surface area contributed by atoms with Crippen LogP contribution in [0.25, 0.3) is 0 Å². The van der Waals surface area contributed by atoms with Crippen molar-refractivity contribution < 1.29 is 14.3 Å². The van der Waals surface area contributed by atoms with Gasteiger partial charge in [-0.15, -0.1) is 0 Å². The van der Waals surface area contributed by atoms with Gasteiger partial charge in [-0.25, -0.2) is 0 Å². The molecular weight excluding hydrogens is 216 g/mol. The predicted octanol–water partition coefficient (Wildman–Crippen LogP) is 2.65. The summed E-state index contributed by atoms with van der Waals surface area (Å²) in [4.78, 5) is 23.9. The van der Waals surface area contributed by atoms with Gasteiger partial charge in [0.05, 0.1) is 12.0 Å². The summed E-state index contributed by atoms with van der Waals surface area (Å²) in [6, 6.07) is 0. The maximum Gasteiger partial charge on any atom is 0.316 e. The van der Waals surface area contributed by atoms with E-state index in [9.17, 15) is 9.59 Å². The van der Waals surface area contributed by atoms with E-state index in [-0.39, 0.29) is 17.7 Å². The normalized spacial score (nSPS) is 32.7. The van der Waals surface area contributed by atoms with Crippen LogP contribution >= 0.6 is 0 Å². The second-order valence-electron chi connectivity index (χ2n) is 5.14. The van der Waals surface area contributed by atoms with Crippen molar-refractivity contribution in [1.29, 1.82) is 0 Å². The molecule has 2 aliphatic rings. The minimum atomic E-state index is -0.498. The number of carbonyl (C=O) groups is 2. The van der Waals surface area contributed by atoms with E-state index in [1.54, 1.807) is 6.08 Å². The summed E-state index contributed by atoms with van der Waals surface area (Å²) in [6.07, 6.45) is 6.01. The highest BCUT2D eigenvalue weighted by molar-refractivity contribution is 5.95. The van der Waals surface area contributed by atoms with Crippen LogP contribution in [0.15, 0.2) is 11.6 Å². The lowest BCUT2D eigenvalue weighted by Gasteiger charge is -2.43. The maximum absolute atomic E-state index is 12.3. The minimum Gasteiger partial charge on any atom is -0.465 e. The molecule has 0 heterocycles. The second kappa shape index (κ2) is 4.63. The molecule has 0 N–H and O–H groups in total. The number of hydrogen-bond acceptors (Lipinski definition) is 3. The number of esters is 1. The van der Waals surface area contributed by atoms with Gasteiger partial charge >= 0.3 is 5.97 Å². The zero-order chi connectivity index (χ0) is 12.5. The topological polar surface area (TPSA) is 43.4 Å². The molecule has 0 bridgehead atoms. The molecule has 0 saturated heterocycles. The van der Waals surface area contributed by atoms with Crippen LogP contribution in [-0.2, 0) is 14.3 Å². The molecular formula is C14H20O3. The zero-order valence-corrected chi connectivity index (χ0v) is 10.6. The Labute approximate surface area is 102 Å². The van der Waals surface area contributed by atoms with Gasteiger partial charge in [-0.1, -0.05) is 13.3 Å². The van der Waals surface area contributed by atoms with Gasteiger partial charge in [0.15, 0.2) is 5.78 Å². The molecule has 17 heavy (non-hydrogen) atoms. The summed E-state index contributed by atoms with van der Waals surface area (Å²) in [5.74, 6) is 0.120. The van der Waals surface area contributed by atoms with Gasteiger partial charge in [0.1, 0.15) is 0 Å². The Morgan fingerprint density at radius 2 is 2.29 bits per heavy atom. The first kappa shape index (κ1) is 12.3. The van der Waals surface area contributed by atoms with Gasteiger partial charge in [0.25, 0.3) is 0 Å². The molecule has 0 aromatic carbocycles. The molecule has 0 aromatic rings. The Bertz CT molecular complexity index is 370. The van der Waals surface area contributed by atoms with Crippen LogP contribution in [0.1, 0.15) is 46.0 Å². The lowest BCUT2D eigenvalue weighted by molar-refractivity contribution is -0.158. The lowest BCUT2D eigenvalue weighted by Crippen LogP contribution is -2.45. The van der Waals surface area contributed by atoms with Gasteiger partial charge in [0, 0.05) is 6.42 Å². The smallest absolute Gasteiger partial charge is 0.316 e. The summed E-state index contributed by atoms with van der Waals surface area (Å²) >= 11 is 0. The molecule has 0 amide bonds. The third kappa shape index (κ3) is 1.92. The fraction of sp³-hybridized carbons (Fsp3) is 0.714. The van der Waals surface area contributed by atoms with E-state index in [0.29, 0.717) is 13.0 Å². The summed E-state index contributed by atoms with van der Waals surface area (Å²) in [7, 11) is 0. The molecule has 1 saturated carbocycles. The first-order chi connectivity index (χ1) is 8.11. The van der Waals surface area contributed by atoms with E-state index in [4.69, 9.17) is 4.74 Å². The van der Waals surface area contributed by atoms with Crippen molar-refractivity contribution in [3.8, 4) is 0 Å². The van der Waals surface area contributed by atoms with Gasteiger partial charge in [-0.2, -0.15) is 0 Å². The van der Waals surface area contributed by atoms with Crippen molar-refractivity contribution in [2.45, 2.75) is 46.0 Å². The van der Waals surface area contributed by atoms with Crippen LogP contribution in [0.4, 0.5) is 0 Å². The molecule has 2 rings (SSSR count). The van der Waals surface area contributed by atoms with E-state index >= 15 is 0 Å². The molecule has 3 nitrogen and oxygen atoms in total. The van der Waals surface area contributed by atoms with Crippen molar-refractivity contribution in [3.63, 3.8) is 0 Å². The molecule has 0 radical (unpaired) electrons. The monoisotopic (exact) mass is 236 g/mol. The fourth-order valence-electron chi connectivity index (χ4n) is 3.29. The zero-order valence-electron chi connectivity index (χ0n) is 10.6. The number of rotatable bonds is 2. The van der Waals surface area contributed by atoms with Crippen LogP contribution in [0, 0.1) is 11.3 Å². The van der Waals surface area contributed by atoms with Gasteiger partial charge in [-0.05, 0) is 43.8 Å². The van der Waals surface area contributed by atoms with Gasteiger partial charge < -0.3 is 4.74 Å². The van der Waals surface area contributed by atoms with E-state index in [2.05, 4.69) is 0 Å². The van der Waals surface area contributed by atoms with E-state index < -0.39 is 5.41 Å². The standard InChI is InChI=1S/C14H20O3/c1-3-17-13(16)14-7-5-4-6-11(14)9-12(15)8-10(14)2/h9-10H,3-8H2,1-2H3/t10-,14-/m1/s1. The SMILES string of the molecule is CCOC(=O)[C@@]12CCCCC1=CC(=O)C[C@H]2C. The van der Waals surface area contributed by atoms with E-state index in [0.717, 1.165) is 31.3 Å². The lowest BCUT2D eigenvalue weighted by atomic mass is 9.59. The number of hydrogen-bond donors (Lipinski definition) is 0. The largest absolute Gasteiger partial charge is 0.465 e. The maximum atomic E-state index is 12.3. The van der Waals surface area contributed by atoms with Gasteiger partial charge in [0.2, 0.25) is 0 Å². The van der Waals surface area contributed by atoms with Crippen LogP contribution in [0.5, 0.6) is 0 Å². The molecule has 0 spiro atoms. The number of ether oxygens (including phenoxy) is 1. The Balaban J connectivity index is 2.40. The Morgan fingerprint density at radius 1 is 1.53 bits per heavy atom. The molecule has 3 heteroatoms. The third-order valence-electron chi connectivity index (χ3n) is 4.16. The molecule has 0 aromatic heterocycles. The first-order valence-electron chi connectivity index (χ1n) is 6.52. The van der Waals surface area contributed by atoms with Crippen molar-refractivity contribution in [2.24, 2.45) is 11.3 Å². The summed E-state index contributed by atoms with van der Waals surface area (Å²) in [5.41, 5.74) is 0.522. The van der Waals surface area contributed by atoms with Crippen molar-refractivity contribution in [3.05, 3.63) is 11.6 Å². The summed E-state index contributed by atoms with van der Waals surface area (Å²) < 4.78 is 5.26. The number of ketones is 1. The highest BCUT2D eigenvalue weighted by Gasteiger charge is 2.51. The average molecular weight is 236 g/mol. The minimum absolute atomic E-state index is 0.0781. The van der Waals surface area contributed by atoms with Gasteiger partial charge in [-0.3, -0.25) is 9.59 Å². The number of carbonyl (C=O) groups excluding carboxylic acids is 2. The fourth-order valence-corrected chi connectivity index (χ4v) is 3.29. The summed E-state index contributed by atoms with van der Waals surface area (Å²) in [6.45, 7) is 4.25. The Hall–Kier alpha value is -1.12. The Morgan fingerprint density at radius 3 is 3.00 bits per heavy atom. The van der Waals surface area contributed by atoms with Crippen LogP contribution in [0.2, 0.25) is 0 Å². The molecule has 1 fully saturated rings. The quantitative estimate of drug-likeness (QED) is 0.692. The van der Waals surface area contributed by atoms with Crippen molar-refractivity contribution in [2.75, 3.05) is 6.61 Å². The highest BCUT2D eigenvalue weighted by atomic mass is 16.5. The first-order valence-corrected chi connectivity index (χ1v) is 6.52. The number of allylic oxidation sites excluding steroid dienone is 1. The van der Waals surface area contributed by atoms with Crippen LogP contribution in [-0.4, -0.2) is 18.4 Å². The predicted molar refractivity (Wildman–Crippen MR) is 64.4 cm³/mol. The summed E-state index contributed by atoms with van der Waals surface area (Å²) in [5, 5.41) is 0. The average Bonchev–Trinajstić information content (AvgIpc) is 2.29. The van der Waals surface area contributed by atoms with Crippen LogP contribution in [0.3, 0.4) is 0 Å². The second-order valence-corrected chi connectivity index (χ2v) is 5.14. The van der Waals surface area contributed by atoms with Crippen LogP contribution < -0.4 is 0 Å². The molecule has 0 unspecified atom stereocenters. The molecule has 2 aliphatic carbocycles. The number of fused-ring (bicyclic) bond motifs is 1. The van der Waals surface area contributed by atoms with Crippen molar-refractivity contribution >= 4 is 11.8 Å².